The van der Waals surface area contributed by atoms with Gasteiger partial charge in [-0.2, -0.15) is 0 Å². The number of Topliss-reactive ketones (excluding diaryl/α,β-unsaturated/α-hetero) is 1. The lowest BCUT2D eigenvalue weighted by Crippen LogP contribution is -2.14. The van der Waals surface area contributed by atoms with Gasteiger partial charge in [0.1, 0.15) is 6.61 Å². The largest absolute Gasteiger partial charge is 0.382 e. The summed E-state index contributed by atoms with van der Waals surface area (Å²) >= 11 is 5.93. The smallest absolute Gasteiger partial charge is 0.189 e. The van der Waals surface area contributed by atoms with Crippen LogP contribution in [0.1, 0.15) is 10.4 Å². The molecule has 0 aromatic heterocycles. The van der Waals surface area contributed by atoms with Gasteiger partial charge in [0.2, 0.25) is 0 Å². The number of rotatable bonds is 12. The first-order chi connectivity index (χ1) is 10.3. The number of carbonyl (C=O) groups excluding carboxylic acids is 1. The number of halogens is 1. The van der Waals surface area contributed by atoms with E-state index >= 15 is 0 Å². The second kappa shape index (κ2) is 11.7. The number of hydrogen-bond acceptors (Lipinski definition) is 5. The molecule has 0 saturated carbocycles. The first-order valence-electron chi connectivity index (χ1n) is 6.75. The second-order valence-electron chi connectivity index (χ2n) is 4.17. The van der Waals surface area contributed by atoms with Crippen molar-refractivity contribution in [3.05, 3.63) is 34.9 Å². The zero-order valence-corrected chi connectivity index (χ0v) is 12.9. The van der Waals surface area contributed by atoms with E-state index in [0.717, 1.165) is 0 Å². The van der Waals surface area contributed by atoms with E-state index in [4.69, 9.17) is 30.5 Å². The predicted molar refractivity (Wildman–Crippen MR) is 80.1 cm³/mol. The molecular formula is C15H21ClO5. The molecule has 0 aliphatic rings. The molecule has 1 aromatic rings. The number of ether oxygens (including phenoxy) is 4. The Bertz CT molecular complexity index is 411. The first kappa shape index (κ1) is 18.1. The zero-order valence-electron chi connectivity index (χ0n) is 12.2. The third kappa shape index (κ3) is 8.14. The van der Waals surface area contributed by atoms with E-state index in [2.05, 4.69) is 0 Å². The highest BCUT2D eigenvalue weighted by Crippen LogP contribution is 2.15. The average molecular weight is 317 g/mol. The molecule has 0 aliphatic heterocycles. The second-order valence-corrected chi connectivity index (χ2v) is 4.58. The van der Waals surface area contributed by atoms with Crippen molar-refractivity contribution < 1.29 is 23.7 Å². The van der Waals surface area contributed by atoms with Gasteiger partial charge in [0.15, 0.2) is 5.78 Å². The van der Waals surface area contributed by atoms with Crippen LogP contribution in [-0.4, -0.2) is 59.1 Å². The van der Waals surface area contributed by atoms with Gasteiger partial charge in [-0.15, -0.1) is 0 Å². The molecule has 0 spiro atoms. The Balaban J connectivity index is 1.99. The van der Waals surface area contributed by atoms with Crippen molar-refractivity contribution in [2.75, 3.05) is 53.4 Å². The van der Waals surface area contributed by atoms with E-state index in [1.807, 2.05) is 0 Å². The summed E-state index contributed by atoms with van der Waals surface area (Å²) in [5, 5.41) is 0.440. The lowest BCUT2D eigenvalue weighted by molar-refractivity contribution is 0.00492. The van der Waals surface area contributed by atoms with Crippen LogP contribution < -0.4 is 0 Å². The predicted octanol–water partition coefficient (Wildman–Crippen LogP) is 2.22. The fraction of sp³-hybridized carbons (Fsp3) is 0.533. The maximum atomic E-state index is 11.8. The molecule has 6 heteroatoms. The SMILES string of the molecule is COCCOCCOCCOCC(=O)c1ccccc1Cl. The number of methoxy groups -OCH3 is 1. The van der Waals surface area contributed by atoms with Crippen LogP contribution in [0.5, 0.6) is 0 Å². The van der Waals surface area contributed by atoms with Crippen LogP contribution in [0.25, 0.3) is 0 Å². The number of hydrogen-bond donors (Lipinski definition) is 0. The summed E-state index contributed by atoms with van der Waals surface area (Å²) in [5.41, 5.74) is 0.478. The van der Waals surface area contributed by atoms with Gasteiger partial charge in [-0.1, -0.05) is 23.7 Å². The number of ketones is 1. The van der Waals surface area contributed by atoms with Gasteiger partial charge >= 0.3 is 0 Å². The molecule has 0 amide bonds. The van der Waals surface area contributed by atoms with Gasteiger partial charge in [0.05, 0.1) is 44.7 Å². The van der Waals surface area contributed by atoms with Crippen LogP contribution in [0.4, 0.5) is 0 Å². The lowest BCUT2D eigenvalue weighted by atomic mass is 10.1. The average Bonchev–Trinajstić information content (AvgIpc) is 2.49. The van der Waals surface area contributed by atoms with E-state index in [9.17, 15) is 4.79 Å². The number of carbonyl (C=O) groups is 1. The standard InChI is InChI=1S/C15H21ClO5/c1-18-6-7-19-8-9-20-10-11-21-12-15(17)13-4-2-3-5-14(13)16/h2-5H,6-12H2,1H3. The Morgan fingerprint density at radius 1 is 0.952 bits per heavy atom. The van der Waals surface area contributed by atoms with Gasteiger partial charge in [-0.25, -0.2) is 0 Å². The molecule has 0 atom stereocenters. The molecule has 0 bridgehead atoms. The molecule has 1 aromatic carbocycles. The molecule has 0 fully saturated rings. The molecule has 0 aliphatic carbocycles. The van der Waals surface area contributed by atoms with E-state index in [0.29, 0.717) is 50.2 Å². The molecule has 21 heavy (non-hydrogen) atoms. The van der Waals surface area contributed by atoms with Crippen molar-refractivity contribution in [2.24, 2.45) is 0 Å². The lowest BCUT2D eigenvalue weighted by Gasteiger charge is -2.07. The normalized spacial score (nSPS) is 10.8. The van der Waals surface area contributed by atoms with Crippen molar-refractivity contribution >= 4 is 17.4 Å². The maximum absolute atomic E-state index is 11.8. The zero-order chi connectivity index (χ0) is 15.3. The number of benzene rings is 1. The Labute approximate surface area is 130 Å². The molecule has 5 nitrogen and oxygen atoms in total. The van der Waals surface area contributed by atoms with E-state index in [1.165, 1.54) is 0 Å². The minimum Gasteiger partial charge on any atom is -0.382 e. The van der Waals surface area contributed by atoms with Gasteiger partial charge < -0.3 is 18.9 Å². The van der Waals surface area contributed by atoms with Crippen molar-refractivity contribution in [3.63, 3.8) is 0 Å². The minimum absolute atomic E-state index is 0.00255. The Morgan fingerprint density at radius 2 is 1.52 bits per heavy atom. The van der Waals surface area contributed by atoms with Crippen molar-refractivity contribution in [3.8, 4) is 0 Å². The summed E-state index contributed by atoms with van der Waals surface area (Å²) < 4.78 is 20.6. The fourth-order valence-electron chi connectivity index (χ4n) is 1.51. The van der Waals surface area contributed by atoms with Gasteiger partial charge in [-0.3, -0.25) is 4.79 Å². The van der Waals surface area contributed by atoms with Crippen molar-refractivity contribution in [1.29, 1.82) is 0 Å². The van der Waals surface area contributed by atoms with Crippen LogP contribution in [-0.2, 0) is 18.9 Å². The summed E-state index contributed by atoms with van der Waals surface area (Å²) in [6.45, 7) is 2.92. The van der Waals surface area contributed by atoms with Crippen LogP contribution in [0.15, 0.2) is 24.3 Å². The van der Waals surface area contributed by atoms with Crippen LogP contribution in [0.2, 0.25) is 5.02 Å². The molecule has 0 saturated heterocycles. The molecule has 0 N–H and O–H groups in total. The Kier molecular flexibility index (Phi) is 10.0. The highest BCUT2D eigenvalue weighted by atomic mass is 35.5. The topological polar surface area (TPSA) is 54.0 Å². The van der Waals surface area contributed by atoms with Crippen LogP contribution >= 0.6 is 11.6 Å². The highest BCUT2D eigenvalue weighted by Gasteiger charge is 2.09. The highest BCUT2D eigenvalue weighted by molar-refractivity contribution is 6.34. The molecule has 1 rings (SSSR count). The molecular weight excluding hydrogens is 296 g/mol. The summed E-state index contributed by atoms with van der Waals surface area (Å²) in [5.74, 6) is -0.136. The summed E-state index contributed by atoms with van der Waals surface area (Å²) in [7, 11) is 1.63. The molecule has 0 unspecified atom stereocenters. The van der Waals surface area contributed by atoms with Crippen LogP contribution in [0, 0.1) is 0 Å². The third-order valence-electron chi connectivity index (χ3n) is 2.58. The Hall–Kier alpha value is -0.980. The van der Waals surface area contributed by atoms with Crippen LogP contribution in [0.3, 0.4) is 0 Å². The fourth-order valence-corrected chi connectivity index (χ4v) is 1.75. The quantitative estimate of drug-likeness (QED) is 0.437. The summed E-state index contributed by atoms with van der Waals surface area (Å²) in [4.78, 5) is 11.8. The molecule has 0 radical (unpaired) electrons. The van der Waals surface area contributed by atoms with Crippen molar-refractivity contribution in [2.45, 2.75) is 0 Å². The Morgan fingerprint density at radius 3 is 2.14 bits per heavy atom. The van der Waals surface area contributed by atoms with Gasteiger partial charge in [0, 0.05) is 12.7 Å². The van der Waals surface area contributed by atoms with E-state index in [1.54, 1.807) is 31.4 Å². The van der Waals surface area contributed by atoms with Gasteiger partial charge in [-0.05, 0) is 12.1 Å². The monoisotopic (exact) mass is 316 g/mol. The van der Waals surface area contributed by atoms with E-state index in [-0.39, 0.29) is 12.4 Å². The maximum Gasteiger partial charge on any atom is 0.189 e. The van der Waals surface area contributed by atoms with Gasteiger partial charge in [0.25, 0.3) is 0 Å². The first-order valence-corrected chi connectivity index (χ1v) is 7.13. The van der Waals surface area contributed by atoms with Crippen molar-refractivity contribution in [1.82, 2.24) is 0 Å². The van der Waals surface area contributed by atoms with E-state index < -0.39 is 0 Å². The summed E-state index contributed by atoms with van der Waals surface area (Å²) in [6.07, 6.45) is 0. The molecule has 118 valence electrons. The molecule has 0 heterocycles. The minimum atomic E-state index is -0.136. The third-order valence-corrected chi connectivity index (χ3v) is 2.91. The summed E-state index contributed by atoms with van der Waals surface area (Å²) in [6, 6.07) is 6.91.